The molecule has 3 rings (SSSR count). The lowest BCUT2D eigenvalue weighted by atomic mass is 10.1. The van der Waals surface area contributed by atoms with Crippen molar-refractivity contribution in [2.24, 2.45) is 0 Å². The van der Waals surface area contributed by atoms with Crippen molar-refractivity contribution in [2.75, 3.05) is 0 Å². The molecule has 0 unspecified atom stereocenters. The van der Waals surface area contributed by atoms with E-state index in [0.717, 1.165) is 22.0 Å². The molecule has 0 aliphatic carbocycles. The van der Waals surface area contributed by atoms with E-state index >= 15 is 0 Å². The first-order valence-electron chi connectivity index (χ1n) is 6.20. The van der Waals surface area contributed by atoms with E-state index in [1.165, 1.54) is 23.2 Å². The molecular formula is C15H12ClN3O. The highest BCUT2D eigenvalue weighted by Gasteiger charge is 2.07. The Morgan fingerprint density at radius 2 is 2.10 bits per heavy atom. The molecule has 0 N–H and O–H groups in total. The van der Waals surface area contributed by atoms with E-state index in [1.807, 2.05) is 31.2 Å². The molecule has 20 heavy (non-hydrogen) atoms. The van der Waals surface area contributed by atoms with Gasteiger partial charge in [-0.05, 0) is 25.1 Å². The van der Waals surface area contributed by atoms with E-state index in [0.29, 0.717) is 11.7 Å². The summed E-state index contributed by atoms with van der Waals surface area (Å²) < 4.78 is 1.50. The van der Waals surface area contributed by atoms with E-state index in [-0.39, 0.29) is 5.56 Å². The van der Waals surface area contributed by atoms with Crippen molar-refractivity contribution in [3.05, 3.63) is 69.5 Å². The third kappa shape index (κ3) is 2.42. The van der Waals surface area contributed by atoms with E-state index in [4.69, 9.17) is 11.6 Å². The Bertz CT molecular complexity index is 842. The van der Waals surface area contributed by atoms with Crippen LogP contribution >= 0.6 is 11.6 Å². The minimum Gasteiger partial charge on any atom is -0.295 e. The molecular weight excluding hydrogens is 274 g/mol. The number of hydrogen-bond acceptors (Lipinski definition) is 3. The van der Waals surface area contributed by atoms with Crippen LogP contribution in [0.1, 0.15) is 11.1 Å². The van der Waals surface area contributed by atoms with E-state index in [1.54, 1.807) is 0 Å². The summed E-state index contributed by atoms with van der Waals surface area (Å²) in [5.74, 6) is 0. The van der Waals surface area contributed by atoms with Gasteiger partial charge in [0.1, 0.15) is 5.15 Å². The van der Waals surface area contributed by atoms with Gasteiger partial charge in [0.15, 0.2) is 0 Å². The van der Waals surface area contributed by atoms with Gasteiger partial charge in [-0.1, -0.05) is 23.2 Å². The van der Waals surface area contributed by atoms with E-state index in [9.17, 15) is 4.79 Å². The van der Waals surface area contributed by atoms with Crippen LogP contribution < -0.4 is 5.56 Å². The highest BCUT2D eigenvalue weighted by Crippen LogP contribution is 2.22. The van der Waals surface area contributed by atoms with Crippen molar-refractivity contribution in [1.29, 1.82) is 0 Å². The molecule has 100 valence electrons. The Labute approximate surface area is 120 Å². The summed E-state index contributed by atoms with van der Waals surface area (Å²) in [6.07, 6.45) is 2.97. The van der Waals surface area contributed by atoms with Crippen LogP contribution in [0.3, 0.4) is 0 Å². The Kier molecular flexibility index (Phi) is 3.24. The SMILES string of the molecule is Cc1ccc2nc(Cl)c(Cn3cnccc3=O)cc2c1. The number of fused-ring (bicyclic) bond motifs is 1. The summed E-state index contributed by atoms with van der Waals surface area (Å²) >= 11 is 6.20. The van der Waals surface area contributed by atoms with Crippen LogP contribution in [-0.2, 0) is 6.54 Å². The van der Waals surface area contributed by atoms with Gasteiger partial charge in [-0.3, -0.25) is 9.36 Å². The van der Waals surface area contributed by atoms with Crippen molar-refractivity contribution in [3.63, 3.8) is 0 Å². The summed E-state index contributed by atoms with van der Waals surface area (Å²) in [5, 5.41) is 1.43. The Balaban J connectivity index is 2.09. The lowest BCUT2D eigenvalue weighted by Gasteiger charge is -2.08. The number of aromatic nitrogens is 3. The quantitative estimate of drug-likeness (QED) is 0.680. The van der Waals surface area contributed by atoms with Crippen molar-refractivity contribution >= 4 is 22.5 Å². The summed E-state index contributed by atoms with van der Waals surface area (Å²) in [4.78, 5) is 20.0. The van der Waals surface area contributed by atoms with Gasteiger partial charge in [-0.2, -0.15) is 0 Å². The number of rotatable bonds is 2. The minimum atomic E-state index is -0.111. The molecule has 0 spiro atoms. The molecule has 0 atom stereocenters. The fourth-order valence-electron chi connectivity index (χ4n) is 2.11. The average Bonchev–Trinajstić information content (AvgIpc) is 2.42. The van der Waals surface area contributed by atoms with Gasteiger partial charge in [-0.15, -0.1) is 0 Å². The van der Waals surface area contributed by atoms with Crippen LogP contribution in [-0.4, -0.2) is 14.5 Å². The molecule has 1 aromatic carbocycles. The smallest absolute Gasteiger partial charge is 0.253 e. The molecule has 0 bridgehead atoms. The van der Waals surface area contributed by atoms with Gasteiger partial charge >= 0.3 is 0 Å². The number of nitrogens with zero attached hydrogens (tertiary/aromatic N) is 3. The zero-order valence-corrected chi connectivity index (χ0v) is 11.6. The summed E-state index contributed by atoms with van der Waals surface area (Å²) in [7, 11) is 0. The topological polar surface area (TPSA) is 47.8 Å². The second-order valence-electron chi connectivity index (χ2n) is 4.68. The van der Waals surface area contributed by atoms with Gasteiger partial charge in [0.05, 0.1) is 18.4 Å². The number of hydrogen-bond donors (Lipinski definition) is 0. The molecule has 5 heteroatoms. The van der Waals surface area contributed by atoms with E-state index < -0.39 is 0 Å². The van der Waals surface area contributed by atoms with E-state index in [2.05, 4.69) is 9.97 Å². The normalized spacial score (nSPS) is 10.9. The highest BCUT2D eigenvalue weighted by molar-refractivity contribution is 6.30. The molecule has 0 aliphatic rings. The summed E-state index contributed by atoms with van der Waals surface area (Å²) in [6, 6.07) is 9.38. The number of halogens is 1. The third-order valence-corrected chi connectivity index (χ3v) is 3.46. The second-order valence-corrected chi connectivity index (χ2v) is 5.04. The molecule has 0 amide bonds. The van der Waals surface area contributed by atoms with Gasteiger partial charge < -0.3 is 0 Å². The fourth-order valence-corrected chi connectivity index (χ4v) is 2.31. The highest BCUT2D eigenvalue weighted by atomic mass is 35.5. The molecule has 2 aromatic heterocycles. The maximum Gasteiger partial charge on any atom is 0.253 e. The van der Waals surface area contributed by atoms with Gasteiger partial charge in [0, 0.05) is 23.2 Å². The van der Waals surface area contributed by atoms with Crippen molar-refractivity contribution in [2.45, 2.75) is 13.5 Å². The van der Waals surface area contributed by atoms with Crippen molar-refractivity contribution in [1.82, 2.24) is 14.5 Å². The molecule has 3 aromatic rings. The van der Waals surface area contributed by atoms with Crippen LogP contribution in [0.2, 0.25) is 5.15 Å². The maximum absolute atomic E-state index is 11.7. The zero-order chi connectivity index (χ0) is 14.1. The van der Waals surface area contributed by atoms with Crippen LogP contribution in [0.15, 0.2) is 47.7 Å². The molecule has 2 heterocycles. The number of benzene rings is 1. The van der Waals surface area contributed by atoms with Gasteiger partial charge in [0.2, 0.25) is 0 Å². The number of pyridine rings is 1. The first-order chi connectivity index (χ1) is 9.63. The predicted molar refractivity (Wildman–Crippen MR) is 79.1 cm³/mol. The largest absolute Gasteiger partial charge is 0.295 e. The van der Waals surface area contributed by atoms with Crippen LogP contribution in [0.4, 0.5) is 0 Å². The maximum atomic E-state index is 11.7. The fraction of sp³-hybridized carbons (Fsp3) is 0.133. The standard InChI is InChI=1S/C15H12ClN3O/c1-10-2-3-13-11(6-10)7-12(15(16)18-13)8-19-9-17-5-4-14(19)20/h2-7,9H,8H2,1H3. The van der Waals surface area contributed by atoms with Crippen molar-refractivity contribution in [3.8, 4) is 0 Å². The summed E-state index contributed by atoms with van der Waals surface area (Å²) in [6.45, 7) is 2.39. The van der Waals surface area contributed by atoms with Gasteiger partial charge in [-0.25, -0.2) is 9.97 Å². The van der Waals surface area contributed by atoms with Crippen molar-refractivity contribution < 1.29 is 0 Å². The lowest BCUT2D eigenvalue weighted by molar-refractivity contribution is 0.734. The number of aryl methyl sites for hydroxylation is 1. The van der Waals surface area contributed by atoms with Crippen LogP contribution in [0, 0.1) is 6.92 Å². The minimum absolute atomic E-state index is 0.111. The van der Waals surface area contributed by atoms with Gasteiger partial charge in [0.25, 0.3) is 5.56 Å². The first-order valence-corrected chi connectivity index (χ1v) is 6.57. The summed E-state index contributed by atoms with van der Waals surface area (Å²) in [5.41, 5.74) is 2.70. The predicted octanol–water partition coefficient (Wildman–Crippen LogP) is 2.80. The second kappa shape index (κ2) is 5.06. The molecule has 0 saturated heterocycles. The average molecular weight is 286 g/mol. The van der Waals surface area contributed by atoms with Crippen LogP contribution in [0.5, 0.6) is 0 Å². The lowest BCUT2D eigenvalue weighted by Crippen LogP contribution is -2.19. The molecule has 4 nitrogen and oxygen atoms in total. The monoisotopic (exact) mass is 285 g/mol. The third-order valence-electron chi connectivity index (χ3n) is 3.13. The van der Waals surface area contributed by atoms with Crippen LogP contribution in [0.25, 0.3) is 10.9 Å². The zero-order valence-electron chi connectivity index (χ0n) is 10.9. The Morgan fingerprint density at radius 3 is 2.90 bits per heavy atom. The Hall–Kier alpha value is -2.20. The molecule has 0 fully saturated rings. The molecule has 0 saturated carbocycles. The Morgan fingerprint density at radius 1 is 1.25 bits per heavy atom. The first kappa shape index (κ1) is 12.8. The molecule has 0 radical (unpaired) electrons. The molecule has 0 aliphatic heterocycles.